The number of carbonyl (C=O) groups excluding carboxylic acids is 1. The van der Waals surface area contributed by atoms with Crippen LogP contribution >= 0.6 is 11.6 Å². The summed E-state index contributed by atoms with van der Waals surface area (Å²) in [4.78, 5) is 14.4. The van der Waals surface area contributed by atoms with Crippen molar-refractivity contribution in [1.82, 2.24) is 4.90 Å². The van der Waals surface area contributed by atoms with Crippen LogP contribution in [-0.4, -0.2) is 17.5 Å². The van der Waals surface area contributed by atoms with Crippen molar-refractivity contribution < 1.29 is 9.53 Å². The summed E-state index contributed by atoms with van der Waals surface area (Å²) in [6.07, 6.45) is 1.74. The molecule has 4 heteroatoms. The first kappa shape index (κ1) is 14.6. The van der Waals surface area contributed by atoms with Crippen LogP contribution in [0.1, 0.15) is 41.5 Å². The third-order valence-electron chi connectivity index (χ3n) is 4.89. The number of halogens is 1. The molecule has 1 saturated heterocycles. The van der Waals surface area contributed by atoms with Crippen LogP contribution in [0.25, 0.3) is 0 Å². The molecule has 3 nitrogen and oxygen atoms in total. The number of amides is 1. The fourth-order valence-corrected chi connectivity index (χ4v) is 3.95. The van der Waals surface area contributed by atoms with Gasteiger partial charge in [-0.15, -0.1) is 0 Å². The van der Waals surface area contributed by atoms with Crippen LogP contribution in [0.15, 0.2) is 48.5 Å². The van der Waals surface area contributed by atoms with E-state index in [1.807, 2.05) is 47.4 Å². The van der Waals surface area contributed by atoms with Crippen LogP contribution in [0, 0.1) is 0 Å². The van der Waals surface area contributed by atoms with Crippen LogP contribution < -0.4 is 0 Å². The minimum atomic E-state index is -0.231. The van der Waals surface area contributed by atoms with E-state index in [-0.39, 0.29) is 12.1 Å². The summed E-state index contributed by atoms with van der Waals surface area (Å²) in [5, 5.41) is 0.730. The monoisotopic (exact) mass is 327 g/mol. The average Bonchev–Trinajstić information content (AvgIpc) is 2.86. The van der Waals surface area contributed by atoms with Crippen LogP contribution in [0.5, 0.6) is 0 Å². The van der Waals surface area contributed by atoms with Crippen LogP contribution in [0.3, 0.4) is 0 Å². The zero-order valence-corrected chi connectivity index (χ0v) is 13.5. The molecule has 2 aromatic rings. The lowest BCUT2D eigenvalue weighted by Crippen LogP contribution is -2.37. The molecule has 0 aromatic heterocycles. The maximum atomic E-state index is 12.5. The van der Waals surface area contributed by atoms with Crippen LogP contribution in [0.2, 0.25) is 5.02 Å². The summed E-state index contributed by atoms with van der Waals surface area (Å²) in [7, 11) is 0. The Morgan fingerprint density at radius 2 is 2.00 bits per heavy atom. The SMILES string of the molecule is O=C(OCc1ccccc1)N1CC[C@@H]2C[C@H]1c1cc(Cl)ccc12. The van der Waals surface area contributed by atoms with E-state index < -0.39 is 0 Å². The van der Waals surface area contributed by atoms with E-state index in [1.54, 1.807) is 0 Å². The Morgan fingerprint density at radius 3 is 2.83 bits per heavy atom. The number of hydrogen-bond acceptors (Lipinski definition) is 2. The van der Waals surface area contributed by atoms with Crippen LogP contribution in [-0.2, 0) is 11.3 Å². The van der Waals surface area contributed by atoms with E-state index in [0.29, 0.717) is 12.5 Å². The maximum Gasteiger partial charge on any atom is 0.410 e. The molecule has 23 heavy (non-hydrogen) atoms. The number of rotatable bonds is 2. The molecule has 2 atom stereocenters. The molecule has 2 bridgehead atoms. The molecule has 2 aromatic carbocycles. The Kier molecular flexibility index (Phi) is 3.74. The number of fused-ring (bicyclic) bond motifs is 5. The molecule has 0 spiro atoms. The Labute approximate surface area is 140 Å². The highest BCUT2D eigenvalue weighted by atomic mass is 35.5. The van der Waals surface area contributed by atoms with E-state index in [0.717, 1.165) is 30.0 Å². The summed E-state index contributed by atoms with van der Waals surface area (Å²) in [6.45, 7) is 1.06. The smallest absolute Gasteiger partial charge is 0.410 e. The van der Waals surface area contributed by atoms with Gasteiger partial charge in [0.15, 0.2) is 0 Å². The minimum Gasteiger partial charge on any atom is -0.445 e. The highest BCUT2D eigenvalue weighted by Gasteiger charge is 2.41. The zero-order valence-electron chi connectivity index (χ0n) is 12.7. The van der Waals surface area contributed by atoms with Gasteiger partial charge in [-0.25, -0.2) is 4.79 Å². The van der Waals surface area contributed by atoms with Crippen molar-refractivity contribution in [3.8, 4) is 0 Å². The van der Waals surface area contributed by atoms with E-state index >= 15 is 0 Å². The number of hydrogen-bond donors (Lipinski definition) is 0. The lowest BCUT2D eigenvalue weighted by Gasteiger charge is -2.32. The Morgan fingerprint density at radius 1 is 1.17 bits per heavy atom. The lowest BCUT2D eigenvalue weighted by molar-refractivity contribution is 0.0694. The van der Waals surface area contributed by atoms with Gasteiger partial charge in [-0.2, -0.15) is 0 Å². The van der Waals surface area contributed by atoms with Gasteiger partial charge in [-0.3, -0.25) is 0 Å². The second kappa shape index (κ2) is 5.89. The van der Waals surface area contributed by atoms with Crippen molar-refractivity contribution in [2.45, 2.75) is 31.4 Å². The predicted molar refractivity (Wildman–Crippen MR) is 89.5 cm³/mol. The van der Waals surface area contributed by atoms with Crippen molar-refractivity contribution in [2.24, 2.45) is 0 Å². The van der Waals surface area contributed by atoms with Crippen molar-refractivity contribution in [1.29, 1.82) is 0 Å². The van der Waals surface area contributed by atoms with E-state index in [2.05, 4.69) is 6.07 Å². The van der Waals surface area contributed by atoms with Gasteiger partial charge in [-0.05, 0) is 47.6 Å². The zero-order chi connectivity index (χ0) is 15.8. The van der Waals surface area contributed by atoms with Crippen molar-refractivity contribution in [2.75, 3.05) is 6.54 Å². The molecule has 1 fully saturated rings. The molecular weight excluding hydrogens is 310 g/mol. The van der Waals surface area contributed by atoms with Crippen molar-refractivity contribution in [3.05, 3.63) is 70.2 Å². The van der Waals surface area contributed by atoms with Gasteiger partial charge >= 0.3 is 6.09 Å². The summed E-state index contributed by atoms with van der Waals surface area (Å²) in [5.41, 5.74) is 3.54. The van der Waals surface area contributed by atoms with Gasteiger partial charge < -0.3 is 9.64 Å². The Bertz CT molecular complexity index is 731. The number of carbonyl (C=O) groups is 1. The van der Waals surface area contributed by atoms with E-state index in [1.165, 1.54) is 11.1 Å². The maximum absolute atomic E-state index is 12.5. The Balaban J connectivity index is 1.50. The fraction of sp³-hybridized carbons (Fsp3) is 0.316. The quantitative estimate of drug-likeness (QED) is 0.784. The number of likely N-dealkylation sites (tertiary alicyclic amines) is 1. The third-order valence-corrected chi connectivity index (χ3v) is 5.12. The summed E-state index contributed by atoms with van der Waals surface area (Å²) < 4.78 is 5.52. The topological polar surface area (TPSA) is 29.5 Å². The number of benzene rings is 2. The summed E-state index contributed by atoms with van der Waals surface area (Å²) in [6, 6.07) is 15.9. The second-order valence-corrected chi connectivity index (χ2v) is 6.68. The highest BCUT2D eigenvalue weighted by molar-refractivity contribution is 6.30. The molecule has 1 amide bonds. The molecule has 2 aliphatic rings. The molecule has 0 radical (unpaired) electrons. The minimum absolute atomic E-state index is 0.103. The number of piperidine rings is 1. The standard InChI is InChI=1S/C19H18ClNO2/c20-15-6-7-16-14-8-9-21(18(10-14)17(16)11-15)19(22)23-12-13-4-2-1-3-5-13/h1-7,11,14,18H,8-10,12H2/t14-,18+/m1/s1. The molecule has 0 saturated carbocycles. The van der Waals surface area contributed by atoms with Crippen LogP contribution in [0.4, 0.5) is 4.79 Å². The molecule has 0 unspecified atom stereocenters. The molecule has 1 heterocycles. The molecule has 1 aliphatic carbocycles. The molecular formula is C19H18ClNO2. The van der Waals surface area contributed by atoms with Gasteiger partial charge in [0.05, 0.1) is 6.04 Å². The number of ether oxygens (including phenoxy) is 1. The van der Waals surface area contributed by atoms with E-state index in [9.17, 15) is 4.79 Å². The van der Waals surface area contributed by atoms with Gasteiger partial charge in [0.1, 0.15) is 6.61 Å². The third kappa shape index (κ3) is 2.70. The highest BCUT2D eigenvalue weighted by Crippen LogP contribution is 2.49. The van der Waals surface area contributed by atoms with Gasteiger partial charge in [0.25, 0.3) is 0 Å². The van der Waals surface area contributed by atoms with Gasteiger partial charge in [-0.1, -0.05) is 48.0 Å². The second-order valence-electron chi connectivity index (χ2n) is 6.24. The molecule has 4 rings (SSSR count). The number of nitrogens with zero attached hydrogens (tertiary/aromatic N) is 1. The Hall–Kier alpha value is -2.00. The van der Waals surface area contributed by atoms with E-state index in [4.69, 9.17) is 16.3 Å². The fourth-order valence-electron chi connectivity index (χ4n) is 3.77. The molecule has 0 N–H and O–H groups in total. The lowest BCUT2D eigenvalue weighted by atomic mass is 9.96. The van der Waals surface area contributed by atoms with Gasteiger partial charge in [0.2, 0.25) is 0 Å². The molecule has 1 aliphatic heterocycles. The summed E-state index contributed by atoms with van der Waals surface area (Å²) >= 11 is 6.15. The summed E-state index contributed by atoms with van der Waals surface area (Å²) in [5.74, 6) is 0.547. The predicted octanol–water partition coefficient (Wildman–Crippen LogP) is 4.91. The van der Waals surface area contributed by atoms with Gasteiger partial charge in [0, 0.05) is 11.6 Å². The average molecular weight is 328 g/mol. The largest absolute Gasteiger partial charge is 0.445 e. The first-order valence-corrected chi connectivity index (χ1v) is 8.37. The van der Waals surface area contributed by atoms with Crippen molar-refractivity contribution in [3.63, 3.8) is 0 Å². The normalized spacial score (nSPS) is 21.9. The first-order valence-electron chi connectivity index (χ1n) is 7.99. The first-order chi connectivity index (χ1) is 11.2. The molecule has 118 valence electrons. The van der Waals surface area contributed by atoms with Crippen molar-refractivity contribution >= 4 is 17.7 Å².